The van der Waals surface area contributed by atoms with Crippen LogP contribution in [-0.4, -0.2) is 20.2 Å². The van der Waals surface area contributed by atoms with E-state index in [1.165, 1.54) is 6.20 Å². The molecule has 0 aliphatic rings. The van der Waals surface area contributed by atoms with Crippen LogP contribution in [0.3, 0.4) is 0 Å². The topological polar surface area (TPSA) is 66.5 Å². The van der Waals surface area contributed by atoms with Gasteiger partial charge in [0.2, 0.25) is 5.28 Å². The van der Waals surface area contributed by atoms with Crippen molar-refractivity contribution in [3.8, 4) is 0 Å². The van der Waals surface area contributed by atoms with Gasteiger partial charge in [0.25, 0.3) is 0 Å². The molecule has 0 saturated heterocycles. The molecule has 0 spiro atoms. The first-order chi connectivity index (χ1) is 9.13. The molecule has 0 amide bonds. The van der Waals surface area contributed by atoms with Crippen LogP contribution >= 0.6 is 11.6 Å². The molecule has 2 N–H and O–H groups in total. The lowest BCUT2D eigenvalue weighted by atomic mass is 10.3. The Bertz CT molecular complexity index is 758. The van der Waals surface area contributed by atoms with Crippen molar-refractivity contribution in [3.63, 3.8) is 0 Å². The van der Waals surface area contributed by atoms with E-state index in [1.807, 2.05) is 0 Å². The van der Waals surface area contributed by atoms with Gasteiger partial charge in [0.05, 0.1) is 17.3 Å². The summed E-state index contributed by atoms with van der Waals surface area (Å²) in [6.07, 6.45) is 1.46. The fourth-order valence-corrected chi connectivity index (χ4v) is 1.79. The Balaban J connectivity index is 2.10. The molecule has 19 heavy (non-hydrogen) atoms. The number of aromatic amines is 1. The molecule has 0 atom stereocenters. The van der Waals surface area contributed by atoms with Crippen LogP contribution < -0.4 is 5.32 Å². The van der Waals surface area contributed by atoms with Gasteiger partial charge < -0.3 is 5.32 Å². The molecule has 0 fully saturated rings. The number of nitrogens with zero attached hydrogens (tertiary/aromatic N) is 3. The van der Waals surface area contributed by atoms with Crippen molar-refractivity contribution in [3.05, 3.63) is 41.3 Å². The van der Waals surface area contributed by atoms with Crippen molar-refractivity contribution in [2.45, 2.75) is 0 Å². The number of benzene rings is 1. The van der Waals surface area contributed by atoms with E-state index in [0.717, 1.165) is 18.2 Å². The molecular formula is C11H6ClF2N5. The van der Waals surface area contributed by atoms with Crippen LogP contribution in [-0.2, 0) is 0 Å². The van der Waals surface area contributed by atoms with E-state index >= 15 is 0 Å². The smallest absolute Gasteiger partial charge is 0.226 e. The largest absolute Gasteiger partial charge is 0.337 e. The summed E-state index contributed by atoms with van der Waals surface area (Å²) >= 11 is 5.74. The molecule has 3 aromatic rings. The zero-order valence-electron chi connectivity index (χ0n) is 9.28. The van der Waals surface area contributed by atoms with Gasteiger partial charge in [0, 0.05) is 6.07 Å². The standard InChI is InChI=1S/C11H6ClF2N5/c12-11-17-9(6-4-15-19-10(6)18-11)16-8-3-5(13)1-2-7(8)14/h1-4H,(H2,15,16,17,18,19). The van der Waals surface area contributed by atoms with E-state index in [9.17, 15) is 8.78 Å². The Morgan fingerprint density at radius 3 is 2.89 bits per heavy atom. The molecule has 3 rings (SSSR count). The number of hydrogen-bond acceptors (Lipinski definition) is 4. The third-order valence-electron chi connectivity index (χ3n) is 2.46. The summed E-state index contributed by atoms with van der Waals surface area (Å²) < 4.78 is 26.7. The molecule has 2 aromatic heterocycles. The molecule has 0 aliphatic carbocycles. The highest BCUT2D eigenvalue weighted by atomic mass is 35.5. The van der Waals surface area contributed by atoms with Crippen molar-refractivity contribution in [1.82, 2.24) is 20.2 Å². The fraction of sp³-hybridized carbons (Fsp3) is 0. The van der Waals surface area contributed by atoms with Crippen LogP contribution in [0, 0.1) is 11.6 Å². The van der Waals surface area contributed by atoms with Crippen LogP contribution in [0.15, 0.2) is 24.4 Å². The minimum atomic E-state index is -0.604. The summed E-state index contributed by atoms with van der Waals surface area (Å²) in [7, 11) is 0. The van der Waals surface area contributed by atoms with E-state index in [2.05, 4.69) is 25.5 Å². The van der Waals surface area contributed by atoms with Gasteiger partial charge in [0.1, 0.15) is 17.5 Å². The molecule has 8 heteroatoms. The van der Waals surface area contributed by atoms with Gasteiger partial charge in [0.15, 0.2) is 5.65 Å². The molecule has 0 aliphatic heterocycles. The molecule has 1 aromatic carbocycles. The zero-order valence-corrected chi connectivity index (χ0v) is 10.0. The van der Waals surface area contributed by atoms with Gasteiger partial charge >= 0.3 is 0 Å². The highest BCUT2D eigenvalue weighted by molar-refractivity contribution is 6.28. The van der Waals surface area contributed by atoms with Gasteiger partial charge in [-0.05, 0) is 23.7 Å². The summed E-state index contributed by atoms with van der Waals surface area (Å²) in [5.41, 5.74) is 0.358. The Kier molecular flexibility index (Phi) is 2.75. The van der Waals surface area contributed by atoms with E-state index in [4.69, 9.17) is 11.6 Å². The number of fused-ring (bicyclic) bond motifs is 1. The van der Waals surface area contributed by atoms with E-state index in [1.54, 1.807) is 0 Å². The van der Waals surface area contributed by atoms with Gasteiger partial charge in [-0.3, -0.25) is 5.10 Å². The first-order valence-corrected chi connectivity index (χ1v) is 5.60. The summed E-state index contributed by atoms with van der Waals surface area (Å²) in [4.78, 5) is 7.84. The minimum Gasteiger partial charge on any atom is -0.337 e. The van der Waals surface area contributed by atoms with Crippen molar-refractivity contribution < 1.29 is 8.78 Å². The molecule has 0 radical (unpaired) electrons. The number of rotatable bonds is 2. The molecule has 0 unspecified atom stereocenters. The molecule has 96 valence electrons. The Hall–Kier alpha value is -2.28. The molecular weight excluding hydrogens is 276 g/mol. The first-order valence-electron chi connectivity index (χ1n) is 5.22. The lowest BCUT2D eigenvalue weighted by molar-refractivity contribution is 0.603. The summed E-state index contributed by atoms with van der Waals surface area (Å²) in [5, 5.41) is 9.57. The van der Waals surface area contributed by atoms with Crippen LogP contribution in [0.4, 0.5) is 20.3 Å². The number of aromatic nitrogens is 4. The average molecular weight is 282 g/mol. The zero-order chi connectivity index (χ0) is 13.4. The third-order valence-corrected chi connectivity index (χ3v) is 2.63. The predicted octanol–water partition coefficient (Wildman–Crippen LogP) is 3.03. The lowest BCUT2D eigenvalue weighted by Gasteiger charge is -2.07. The number of hydrogen-bond donors (Lipinski definition) is 2. The van der Waals surface area contributed by atoms with E-state index in [0.29, 0.717) is 11.0 Å². The average Bonchev–Trinajstić information content (AvgIpc) is 2.82. The van der Waals surface area contributed by atoms with Gasteiger partial charge in [-0.1, -0.05) is 0 Å². The van der Waals surface area contributed by atoms with Gasteiger partial charge in [-0.2, -0.15) is 15.1 Å². The summed E-state index contributed by atoms with van der Waals surface area (Å²) in [6.45, 7) is 0. The van der Waals surface area contributed by atoms with Gasteiger partial charge in [-0.25, -0.2) is 8.78 Å². The maximum Gasteiger partial charge on any atom is 0.226 e. The predicted molar refractivity (Wildman–Crippen MR) is 66.3 cm³/mol. The van der Waals surface area contributed by atoms with Crippen molar-refractivity contribution in [2.75, 3.05) is 5.32 Å². The number of nitrogens with one attached hydrogen (secondary N) is 2. The van der Waals surface area contributed by atoms with Crippen molar-refractivity contribution in [2.24, 2.45) is 0 Å². The first kappa shape index (κ1) is 11.8. The second-order valence-corrected chi connectivity index (χ2v) is 4.06. The van der Waals surface area contributed by atoms with Crippen LogP contribution in [0.25, 0.3) is 11.0 Å². The lowest BCUT2D eigenvalue weighted by Crippen LogP contribution is -1.99. The van der Waals surface area contributed by atoms with Crippen LogP contribution in [0.2, 0.25) is 5.28 Å². The Morgan fingerprint density at radius 2 is 2.05 bits per heavy atom. The molecule has 5 nitrogen and oxygen atoms in total. The summed E-state index contributed by atoms with van der Waals surface area (Å²) in [6, 6.07) is 3.07. The second kappa shape index (κ2) is 4.43. The minimum absolute atomic E-state index is 0.0314. The molecule has 0 saturated carbocycles. The van der Waals surface area contributed by atoms with Crippen molar-refractivity contribution >= 4 is 34.1 Å². The fourth-order valence-electron chi connectivity index (χ4n) is 1.62. The SMILES string of the molecule is Fc1ccc(F)c(Nc2nc(Cl)nc3[nH]ncc23)c1. The maximum absolute atomic E-state index is 13.6. The highest BCUT2D eigenvalue weighted by Gasteiger charge is 2.11. The van der Waals surface area contributed by atoms with Crippen LogP contribution in [0.5, 0.6) is 0 Å². The number of H-pyrrole nitrogens is 1. The van der Waals surface area contributed by atoms with E-state index < -0.39 is 11.6 Å². The number of halogens is 3. The van der Waals surface area contributed by atoms with Gasteiger partial charge in [-0.15, -0.1) is 0 Å². The Labute approximate surface area is 110 Å². The van der Waals surface area contributed by atoms with E-state index in [-0.39, 0.29) is 16.8 Å². The monoisotopic (exact) mass is 281 g/mol. The maximum atomic E-state index is 13.6. The molecule has 0 bridgehead atoms. The quantitative estimate of drug-likeness (QED) is 0.709. The van der Waals surface area contributed by atoms with Crippen molar-refractivity contribution in [1.29, 1.82) is 0 Å². The number of anilines is 2. The molecule has 2 heterocycles. The highest BCUT2D eigenvalue weighted by Crippen LogP contribution is 2.25. The van der Waals surface area contributed by atoms with Crippen LogP contribution in [0.1, 0.15) is 0 Å². The summed E-state index contributed by atoms with van der Waals surface area (Å²) in [5.74, 6) is -0.923. The second-order valence-electron chi connectivity index (χ2n) is 3.72. The Morgan fingerprint density at radius 1 is 1.21 bits per heavy atom. The normalized spacial score (nSPS) is 10.9. The third kappa shape index (κ3) is 2.19.